The number of carbonyl (C=O) groups is 1. The van der Waals surface area contributed by atoms with Crippen LogP contribution in [0.1, 0.15) is 35.3 Å². The van der Waals surface area contributed by atoms with E-state index < -0.39 is 6.10 Å². The monoisotopic (exact) mass is 415 g/mol. The summed E-state index contributed by atoms with van der Waals surface area (Å²) in [4.78, 5) is 22.1. The van der Waals surface area contributed by atoms with E-state index >= 15 is 0 Å². The number of β-amino-alcohol motifs (C(OH)–C–C–N with tert-alkyl or cyclic N) is 1. The number of aliphatic hydroxyl groups excluding tert-OH is 1. The van der Waals surface area contributed by atoms with E-state index in [1.54, 1.807) is 0 Å². The molecular weight excluding hydrogens is 386 g/mol. The summed E-state index contributed by atoms with van der Waals surface area (Å²) >= 11 is 0. The Hall–Kier alpha value is -2.76. The van der Waals surface area contributed by atoms with Crippen molar-refractivity contribution in [3.63, 3.8) is 0 Å². The highest BCUT2D eigenvalue weighted by molar-refractivity contribution is 6.10. The maximum absolute atomic E-state index is 13.5. The second-order valence-electron chi connectivity index (χ2n) is 8.84. The van der Waals surface area contributed by atoms with E-state index in [1.165, 1.54) is 19.3 Å². The van der Waals surface area contributed by atoms with Gasteiger partial charge in [0.1, 0.15) is 0 Å². The van der Waals surface area contributed by atoms with Crippen LogP contribution < -0.4 is 0 Å². The Bertz CT molecular complexity index is 1090. The van der Waals surface area contributed by atoms with Crippen molar-refractivity contribution in [1.82, 2.24) is 14.8 Å². The van der Waals surface area contributed by atoms with Gasteiger partial charge >= 0.3 is 0 Å². The number of aryl methyl sites for hydroxylation is 1. The summed E-state index contributed by atoms with van der Waals surface area (Å²) < 4.78 is 0. The van der Waals surface area contributed by atoms with E-state index in [9.17, 15) is 9.90 Å². The lowest BCUT2D eigenvalue weighted by Crippen LogP contribution is -2.46. The zero-order valence-corrected chi connectivity index (χ0v) is 18.0. The highest BCUT2D eigenvalue weighted by Gasteiger charge is 2.38. The zero-order chi connectivity index (χ0) is 21.4. The molecule has 31 heavy (non-hydrogen) atoms. The third-order valence-corrected chi connectivity index (χ3v) is 6.78. The molecule has 2 atom stereocenters. The van der Waals surface area contributed by atoms with Gasteiger partial charge in [-0.25, -0.2) is 0 Å². The van der Waals surface area contributed by atoms with E-state index in [0.29, 0.717) is 18.7 Å². The normalized spacial score (nSPS) is 22.2. The molecule has 0 bridgehead atoms. The second-order valence-corrected chi connectivity index (χ2v) is 8.84. The molecule has 160 valence electrons. The maximum atomic E-state index is 13.5. The number of hydrogen-bond acceptors (Lipinski definition) is 4. The number of nitrogens with zero attached hydrogens (tertiary/aromatic N) is 3. The van der Waals surface area contributed by atoms with Crippen molar-refractivity contribution in [3.8, 4) is 11.1 Å². The zero-order valence-electron chi connectivity index (χ0n) is 18.0. The number of piperidine rings is 1. The fraction of sp³-hybridized carbons (Fsp3) is 0.385. The lowest BCUT2D eigenvalue weighted by Gasteiger charge is -2.33. The largest absolute Gasteiger partial charge is 0.390 e. The maximum Gasteiger partial charge on any atom is 0.254 e. The van der Waals surface area contributed by atoms with Crippen molar-refractivity contribution in [2.75, 3.05) is 26.2 Å². The van der Waals surface area contributed by atoms with Crippen molar-refractivity contribution in [2.24, 2.45) is 0 Å². The van der Waals surface area contributed by atoms with Crippen LogP contribution in [0, 0.1) is 6.92 Å². The van der Waals surface area contributed by atoms with Crippen LogP contribution in [-0.4, -0.2) is 64.1 Å². The van der Waals surface area contributed by atoms with Gasteiger partial charge in [-0.3, -0.25) is 14.7 Å². The number of hydrogen-bond donors (Lipinski definition) is 1. The number of aliphatic hydroxyl groups is 1. The number of likely N-dealkylation sites (tertiary alicyclic amines) is 2. The Morgan fingerprint density at radius 1 is 0.968 bits per heavy atom. The molecule has 1 N–H and O–H groups in total. The first-order chi connectivity index (χ1) is 15.1. The fourth-order valence-corrected chi connectivity index (χ4v) is 5.09. The van der Waals surface area contributed by atoms with E-state index in [1.807, 2.05) is 48.4 Å². The van der Waals surface area contributed by atoms with Crippen molar-refractivity contribution < 1.29 is 9.90 Å². The number of rotatable bonds is 3. The van der Waals surface area contributed by atoms with Crippen LogP contribution in [0.4, 0.5) is 0 Å². The van der Waals surface area contributed by atoms with E-state index in [2.05, 4.69) is 28.1 Å². The number of carbonyl (C=O) groups excluding carboxylic acids is 1. The van der Waals surface area contributed by atoms with Gasteiger partial charge in [0.25, 0.3) is 5.91 Å². The van der Waals surface area contributed by atoms with Gasteiger partial charge in [0, 0.05) is 36.1 Å². The fourth-order valence-electron chi connectivity index (χ4n) is 5.09. The predicted molar refractivity (Wildman–Crippen MR) is 123 cm³/mol. The minimum absolute atomic E-state index is 0.00309. The Kier molecular flexibility index (Phi) is 5.47. The molecule has 2 saturated heterocycles. The summed E-state index contributed by atoms with van der Waals surface area (Å²) in [6.45, 7) is 5.01. The molecule has 1 amide bonds. The van der Waals surface area contributed by atoms with E-state index in [0.717, 1.165) is 40.7 Å². The Morgan fingerprint density at radius 2 is 1.74 bits per heavy atom. The van der Waals surface area contributed by atoms with Gasteiger partial charge in [-0.05, 0) is 61.3 Å². The first kappa shape index (κ1) is 20.2. The van der Waals surface area contributed by atoms with Gasteiger partial charge in [0.2, 0.25) is 0 Å². The van der Waals surface area contributed by atoms with Gasteiger partial charge in [-0.15, -0.1) is 0 Å². The number of benzene rings is 2. The van der Waals surface area contributed by atoms with Crippen LogP contribution in [0.2, 0.25) is 0 Å². The lowest BCUT2D eigenvalue weighted by atomic mass is 9.96. The highest BCUT2D eigenvalue weighted by atomic mass is 16.3. The number of amides is 1. The number of aromatic nitrogens is 1. The Labute approximate surface area is 183 Å². The standard InChI is InChI=1S/C26H29N3O2/c1-18-11-12-19(15-27-18)20-7-5-9-22-21(20)8-6-10-23(22)26(31)29-16-24(25(30)17-29)28-13-3-2-4-14-28/h5-12,15,24-25,30H,2-4,13-14,16-17H2,1H3/t24-,25-/m0/s1. The first-order valence-corrected chi connectivity index (χ1v) is 11.3. The molecule has 5 heteroatoms. The topological polar surface area (TPSA) is 56.7 Å². The SMILES string of the molecule is Cc1ccc(-c2cccc3c(C(=O)N4C[C@H](O)[C@@H](N5CCCCC5)C4)cccc23)cn1. The predicted octanol–water partition coefficient (Wildman–Crippen LogP) is 3.88. The molecule has 5 nitrogen and oxygen atoms in total. The average molecular weight is 416 g/mol. The van der Waals surface area contributed by atoms with Crippen molar-refractivity contribution in [2.45, 2.75) is 38.3 Å². The van der Waals surface area contributed by atoms with E-state index in [-0.39, 0.29) is 11.9 Å². The van der Waals surface area contributed by atoms with Crippen LogP contribution in [0.3, 0.4) is 0 Å². The van der Waals surface area contributed by atoms with Gasteiger partial charge in [0.05, 0.1) is 12.1 Å². The molecule has 0 spiro atoms. The summed E-state index contributed by atoms with van der Waals surface area (Å²) in [6.07, 6.45) is 5.02. The number of pyridine rings is 1. The average Bonchev–Trinajstić information content (AvgIpc) is 3.20. The highest BCUT2D eigenvalue weighted by Crippen LogP contribution is 2.31. The Morgan fingerprint density at radius 3 is 2.52 bits per heavy atom. The Balaban J connectivity index is 1.46. The van der Waals surface area contributed by atoms with Crippen molar-refractivity contribution in [1.29, 1.82) is 0 Å². The molecule has 2 aliphatic rings. The summed E-state index contributed by atoms with van der Waals surface area (Å²) in [5, 5.41) is 12.7. The second kappa shape index (κ2) is 8.40. The molecule has 3 heterocycles. The molecule has 0 aliphatic carbocycles. The lowest BCUT2D eigenvalue weighted by molar-refractivity contribution is 0.0703. The summed E-state index contributed by atoms with van der Waals surface area (Å²) in [6, 6.07) is 16.2. The third-order valence-electron chi connectivity index (χ3n) is 6.78. The molecule has 0 radical (unpaired) electrons. The van der Waals surface area contributed by atoms with Crippen molar-refractivity contribution >= 4 is 16.7 Å². The summed E-state index contributed by atoms with van der Waals surface area (Å²) in [5.41, 5.74) is 3.80. The van der Waals surface area contributed by atoms with Crippen LogP contribution in [-0.2, 0) is 0 Å². The molecule has 2 fully saturated rings. The van der Waals surface area contributed by atoms with Crippen LogP contribution in [0.5, 0.6) is 0 Å². The molecular formula is C26H29N3O2. The van der Waals surface area contributed by atoms with E-state index in [4.69, 9.17) is 0 Å². The van der Waals surface area contributed by atoms with Crippen molar-refractivity contribution in [3.05, 3.63) is 66.0 Å². The summed E-state index contributed by atoms with van der Waals surface area (Å²) in [5.74, 6) is 0.00309. The van der Waals surface area contributed by atoms with Crippen LogP contribution in [0.25, 0.3) is 21.9 Å². The quantitative estimate of drug-likeness (QED) is 0.705. The summed E-state index contributed by atoms with van der Waals surface area (Å²) in [7, 11) is 0. The molecule has 3 aromatic rings. The molecule has 2 aliphatic heterocycles. The molecule has 1 aromatic heterocycles. The minimum atomic E-state index is -0.480. The number of fused-ring (bicyclic) bond motifs is 1. The van der Waals surface area contributed by atoms with Crippen LogP contribution >= 0.6 is 0 Å². The third kappa shape index (κ3) is 3.84. The minimum Gasteiger partial charge on any atom is -0.390 e. The molecule has 0 saturated carbocycles. The molecule has 2 aromatic carbocycles. The van der Waals surface area contributed by atoms with Gasteiger partial charge in [-0.1, -0.05) is 42.8 Å². The first-order valence-electron chi connectivity index (χ1n) is 11.3. The van der Waals surface area contributed by atoms with Gasteiger partial charge in [-0.2, -0.15) is 0 Å². The van der Waals surface area contributed by atoms with Gasteiger partial charge in [0.15, 0.2) is 0 Å². The van der Waals surface area contributed by atoms with Crippen LogP contribution in [0.15, 0.2) is 54.7 Å². The smallest absolute Gasteiger partial charge is 0.254 e. The van der Waals surface area contributed by atoms with Gasteiger partial charge < -0.3 is 10.0 Å². The molecule has 0 unspecified atom stereocenters. The molecule has 5 rings (SSSR count).